The van der Waals surface area contributed by atoms with Crippen LogP contribution in [0.5, 0.6) is 5.75 Å². The Morgan fingerprint density at radius 2 is 2.05 bits per heavy atom. The van der Waals surface area contributed by atoms with Crippen LogP contribution in [0.4, 0.5) is 0 Å². The van der Waals surface area contributed by atoms with Crippen molar-refractivity contribution in [1.82, 2.24) is 0 Å². The Morgan fingerprint density at radius 1 is 1.32 bits per heavy atom. The van der Waals surface area contributed by atoms with Crippen molar-refractivity contribution in [3.8, 4) is 5.75 Å². The molecule has 0 amide bonds. The van der Waals surface area contributed by atoms with Crippen molar-refractivity contribution in [2.75, 3.05) is 0 Å². The van der Waals surface area contributed by atoms with Crippen LogP contribution in [-0.4, -0.2) is 18.4 Å². The highest BCUT2D eigenvalue weighted by atomic mass is 16.5. The number of carboxylic acid groups (broad SMARTS) is 1. The quantitative estimate of drug-likeness (QED) is 0.762. The van der Waals surface area contributed by atoms with Gasteiger partial charge in [0.2, 0.25) is 0 Å². The maximum absolute atomic E-state index is 11.2. The first-order valence-electron chi connectivity index (χ1n) is 6.01. The number of carboxylic acids is 1. The highest BCUT2D eigenvalue weighted by molar-refractivity contribution is 6.00. The number of hydrogen-bond acceptors (Lipinski definition) is 4. The number of fused-ring (bicyclic) bond motifs is 1. The summed E-state index contributed by atoms with van der Waals surface area (Å²) in [6.45, 7) is 1.68. The van der Waals surface area contributed by atoms with E-state index in [0.29, 0.717) is 11.8 Å². The first kappa shape index (κ1) is 13.1. The first-order chi connectivity index (χ1) is 9.17. The molecule has 0 aliphatic carbocycles. The molecule has 2 aromatic carbocycles. The first-order valence-corrected chi connectivity index (χ1v) is 6.01. The molecule has 0 heterocycles. The molecule has 1 atom stereocenters. The van der Waals surface area contributed by atoms with E-state index in [0.717, 1.165) is 10.8 Å². The van der Waals surface area contributed by atoms with E-state index in [1.807, 2.05) is 18.2 Å². The van der Waals surface area contributed by atoms with Crippen molar-refractivity contribution in [3.05, 3.63) is 42.0 Å². The summed E-state index contributed by atoms with van der Waals surface area (Å²) in [5.41, 5.74) is 0.359. The summed E-state index contributed by atoms with van der Waals surface area (Å²) in [4.78, 5) is 22.1. The van der Waals surface area contributed by atoms with Gasteiger partial charge in [0, 0.05) is 0 Å². The summed E-state index contributed by atoms with van der Waals surface area (Å²) in [5, 5.41) is 12.5. The molecule has 2 aromatic rings. The monoisotopic (exact) mass is 257 g/mol. The molecule has 0 saturated heterocycles. The van der Waals surface area contributed by atoms with Crippen LogP contribution in [0, 0.1) is 0 Å². The molecule has 0 N–H and O–H groups in total. The number of aliphatic carboxylic acids is 1. The normalized spacial score (nSPS) is 12.1. The highest BCUT2D eigenvalue weighted by Crippen LogP contribution is 2.27. The fourth-order valence-corrected chi connectivity index (χ4v) is 1.95. The molecule has 4 heteroatoms. The molecule has 0 aliphatic rings. The molecule has 4 nitrogen and oxygen atoms in total. The standard InChI is InChI=1S/C15H14O4/c1-2-13(15(17)18)19-14-8-7-10-5-3-4-6-11(10)12(14)9-16/h3-9,13H,2H2,1H3,(H,17,18)/p-1. The van der Waals surface area contributed by atoms with Crippen molar-refractivity contribution in [1.29, 1.82) is 0 Å². The van der Waals surface area contributed by atoms with E-state index >= 15 is 0 Å². The summed E-state index contributed by atoms with van der Waals surface area (Å²) >= 11 is 0. The molecular weight excluding hydrogens is 244 g/mol. The molecule has 0 aliphatic heterocycles. The summed E-state index contributed by atoms with van der Waals surface area (Å²) in [6, 6.07) is 10.8. The summed E-state index contributed by atoms with van der Waals surface area (Å²) < 4.78 is 5.36. The zero-order valence-corrected chi connectivity index (χ0v) is 10.5. The Hall–Kier alpha value is -2.36. The fraction of sp³-hybridized carbons (Fsp3) is 0.200. The average molecular weight is 257 g/mol. The van der Waals surface area contributed by atoms with Crippen LogP contribution in [0.15, 0.2) is 36.4 Å². The number of hydrogen-bond donors (Lipinski definition) is 0. The number of ether oxygens (including phenoxy) is 1. The third-order valence-corrected chi connectivity index (χ3v) is 2.95. The minimum Gasteiger partial charge on any atom is -0.546 e. The van der Waals surface area contributed by atoms with Crippen LogP contribution in [-0.2, 0) is 4.79 Å². The number of aldehydes is 1. The Balaban J connectivity index is 2.49. The maximum atomic E-state index is 11.2. The topological polar surface area (TPSA) is 66.4 Å². The van der Waals surface area contributed by atoms with Gasteiger partial charge in [-0.05, 0) is 23.3 Å². The highest BCUT2D eigenvalue weighted by Gasteiger charge is 2.13. The lowest BCUT2D eigenvalue weighted by Crippen LogP contribution is -2.39. The van der Waals surface area contributed by atoms with E-state index in [2.05, 4.69) is 0 Å². The second-order valence-electron chi connectivity index (χ2n) is 4.15. The van der Waals surface area contributed by atoms with Gasteiger partial charge in [-0.1, -0.05) is 37.3 Å². The molecule has 0 saturated carbocycles. The summed E-state index contributed by atoms with van der Waals surface area (Å²) in [6.07, 6.45) is -0.104. The molecule has 98 valence electrons. The zero-order valence-electron chi connectivity index (χ0n) is 10.5. The lowest BCUT2D eigenvalue weighted by Gasteiger charge is -2.20. The van der Waals surface area contributed by atoms with Crippen molar-refractivity contribution in [2.24, 2.45) is 0 Å². The van der Waals surface area contributed by atoms with Crippen LogP contribution in [0.25, 0.3) is 10.8 Å². The van der Waals surface area contributed by atoms with Gasteiger partial charge in [0.1, 0.15) is 11.9 Å². The van der Waals surface area contributed by atoms with Gasteiger partial charge in [0.25, 0.3) is 0 Å². The van der Waals surface area contributed by atoms with Gasteiger partial charge in [-0.2, -0.15) is 0 Å². The van der Waals surface area contributed by atoms with E-state index < -0.39 is 12.1 Å². The van der Waals surface area contributed by atoms with Crippen LogP contribution in [0.2, 0.25) is 0 Å². The Morgan fingerprint density at radius 3 is 2.68 bits per heavy atom. The molecular formula is C15H13O4-. The predicted molar refractivity (Wildman–Crippen MR) is 69.0 cm³/mol. The number of carbonyl (C=O) groups excluding carboxylic acids is 2. The third kappa shape index (κ3) is 2.57. The zero-order chi connectivity index (χ0) is 13.8. The van der Waals surface area contributed by atoms with Gasteiger partial charge < -0.3 is 14.6 Å². The fourth-order valence-electron chi connectivity index (χ4n) is 1.95. The van der Waals surface area contributed by atoms with E-state index in [1.165, 1.54) is 0 Å². The van der Waals surface area contributed by atoms with Crippen molar-refractivity contribution in [3.63, 3.8) is 0 Å². The molecule has 0 fully saturated rings. The van der Waals surface area contributed by atoms with E-state index in [9.17, 15) is 14.7 Å². The Labute approximate surface area is 110 Å². The van der Waals surface area contributed by atoms with Crippen LogP contribution in [0.3, 0.4) is 0 Å². The van der Waals surface area contributed by atoms with Gasteiger partial charge >= 0.3 is 0 Å². The van der Waals surface area contributed by atoms with Crippen LogP contribution < -0.4 is 9.84 Å². The molecule has 0 radical (unpaired) electrons. The molecule has 0 spiro atoms. The average Bonchev–Trinajstić information content (AvgIpc) is 2.43. The molecule has 19 heavy (non-hydrogen) atoms. The van der Waals surface area contributed by atoms with Gasteiger partial charge in [0.05, 0.1) is 11.5 Å². The van der Waals surface area contributed by atoms with Crippen molar-refractivity contribution in [2.45, 2.75) is 19.4 Å². The second kappa shape index (κ2) is 5.52. The second-order valence-corrected chi connectivity index (χ2v) is 4.15. The van der Waals surface area contributed by atoms with E-state index in [1.54, 1.807) is 25.1 Å². The molecule has 2 rings (SSSR count). The van der Waals surface area contributed by atoms with Gasteiger partial charge in [0.15, 0.2) is 6.29 Å². The Kier molecular flexibility index (Phi) is 3.80. The molecule has 1 unspecified atom stereocenters. The van der Waals surface area contributed by atoms with Gasteiger partial charge in [-0.15, -0.1) is 0 Å². The summed E-state index contributed by atoms with van der Waals surface area (Å²) in [7, 11) is 0. The van der Waals surface area contributed by atoms with E-state index in [4.69, 9.17) is 4.74 Å². The van der Waals surface area contributed by atoms with E-state index in [-0.39, 0.29) is 12.2 Å². The number of benzene rings is 2. The third-order valence-electron chi connectivity index (χ3n) is 2.95. The maximum Gasteiger partial charge on any atom is 0.154 e. The molecule has 0 bridgehead atoms. The van der Waals surface area contributed by atoms with Gasteiger partial charge in [-0.25, -0.2) is 0 Å². The summed E-state index contributed by atoms with van der Waals surface area (Å²) in [5.74, 6) is -1.02. The predicted octanol–water partition coefficient (Wildman–Crippen LogP) is 1.56. The molecule has 0 aromatic heterocycles. The Bertz CT molecular complexity index is 619. The number of carbonyl (C=O) groups is 2. The lowest BCUT2D eigenvalue weighted by atomic mass is 10.0. The largest absolute Gasteiger partial charge is 0.546 e. The number of rotatable bonds is 5. The lowest BCUT2D eigenvalue weighted by molar-refractivity contribution is -0.313. The minimum absolute atomic E-state index is 0.268. The smallest absolute Gasteiger partial charge is 0.154 e. The minimum atomic E-state index is -1.28. The van der Waals surface area contributed by atoms with Crippen LogP contribution in [0.1, 0.15) is 23.7 Å². The van der Waals surface area contributed by atoms with Gasteiger partial charge in [-0.3, -0.25) is 4.79 Å². The van der Waals surface area contributed by atoms with Crippen LogP contribution >= 0.6 is 0 Å². The van der Waals surface area contributed by atoms with Crippen molar-refractivity contribution < 1.29 is 19.4 Å². The van der Waals surface area contributed by atoms with Crippen molar-refractivity contribution >= 4 is 23.0 Å². The SMILES string of the molecule is CCC(Oc1ccc2ccccc2c1C=O)C(=O)[O-].